The Labute approximate surface area is 215 Å². The molecule has 2 aromatic carbocycles. The second kappa shape index (κ2) is 11.9. The number of rotatable bonds is 10. The van der Waals surface area contributed by atoms with Crippen LogP contribution >= 0.6 is 11.6 Å². The number of nitrogens with zero attached hydrogens (tertiary/aromatic N) is 2. The Morgan fingerprint density at radius 3 is 2.36 bits per heavy atom. The van der Waals surface area contributed by atoms with Crippen molar-refractivity contribution in [1.82, 2.24) is 15.1 Å². The lowest BCUT2D eigenvalue weighted by atomic mass is 10.0. The van der Waals surface area contributed by atoms with Gasteiger partial charge in [0.25, 0.3) is 11.8 Å². The van der Waals surface area contributed by atoms with Crippen molar-refractivity contribution in [3.63, 3.8) is 0 Å². The number of carboxylic acid groups (broad SMARTS) is 1. The molecule has 3 aromatic rings. The molecule has 0 saturated heterocycles. The topological polar surface area (TPSA) is 113 Å². The molecule has 190 valence electrons. The molecule has 0 fully saturated rings. The Kier molecular flexibility index (Phi) is 8.88. The third-order valence-electron chi connectivity index (χ3n) is 5.72. The molecule has 1 heterocycles. The van der Waals surface area contributed by atoms with E-state index in [9.17, 15) is 19.5 Å². The first kappa shape index (κ1) is 26.9. The molecule has 0 saturated carbocycles. The summed E-state index contributed by atoms with van der Waals surface area (Å²) in [5, 5.41) is 19.9. The Hall–Kier alpha value is -3.65. The molecule has 1 atom stereocenters. The number of hydrogen-bond acceptors (Lipinski definition) is 4. The Morgan fingerprint density at radius 2 is 1.78 bits per heavy atom. The molecule has 0 aliphatic rings. The Morgan fingerprint density at radius 1 is 1.08 bits per heavy atom. The predicted octanol–water partition coefficient (Wildman–Crippen LogP) is 5.27. The second-order valence-electron chi connectivity index (χ2n) is 9.12. The van der Waals surface area contributed by atoms with Gasteiger partial charge in [0.2, 0.25) is 0 Å². The molecular formula is C27H31ClN4O4. The summed E-state index contributed by atoms with van der Waals surface area (Å²) >= 11 is 6.00. The molecule has 0 bridgehead atoms. The number of anilines is 1. The van der Waals surface area contributed by atoms with Crippen LogP contribution in [0, 0.1) is 12.8 Å². The summed E-state index contributed by atoms with van der Waals surface area (Å²) < 4.78 is 1.74. The van der Waals surface area contributed by atoms with Crippen LogP contribution in [0.3, 0.4) is 0 Å². The van der Waals surface area contributed by atoms with Crippen LogP contribution in [0.25, 0.3) is 5.69 Å². The van der Waals surface area contributed by atoms with Crippen LogP contribution in [0.1, 0.15) is 65.6 Å². The number of carbonyl (C=O) groups excluding carboxylic acids is 2. The van der Waals surface area contributed by atoms with Crippen molar-refractivity contribution < 1.29 is 19.5 Å². The van der Waals surface area contributed by atoms with E-state index in [-0.39, 0.29) is 11.8 Å². The zero-order chi connectivity index (χ0) is 26.4. The maximum absolute atomic E-state index is 13.2. The fourth-order valence-corrected chi connectivity index (χ4v) is 4.04. The number of carbonyl (C=O) groups is 3. The summed E-state index contributed by atoms with van der Waals surface area (Å²) in [5.74, 6) is -1.73. The van der Waals surface area contributed by atoms with Gasteiger partial charge in [-0.1, -0.05) is 38.8 Å². The number of aliphatic carboxylic acids is 1. The Balaban J connectivity index is 1.79. The van der Waals surface area contributed by atoms with Gasteiger partial charge in [-0.25, -0.2) is 9.48 Å². The number of carboxylic acids is 1. The summed E-state index contributed by atoms with van der Waals surface area (Å²) in [4.78, 5) is 37.3. The smallest absolute Gasteiger partial charge is 0.326 e. The van der Waals surface area contributed by atoms with Crippen LogP contribution in [0.5, 0.6) is 0 Å². The Bertz CT molecular complexity index is 1250. The van der Waals surface area contributed by atoms with Gasteiger partial charge in [-0.05, 0) is 73.7 Å². The van der Waals surface area contributed by atoms with Crippen molar-refractivity contribution >= 4 is 35.1 Å². The summed E-state index contributed by atoms with van der Waals surface area (Å²) in [6.07, 6.45) is 3.37. The fourth-order valence-electron chi connectivity index (χ4n) is 3.91. The first-order valence-electron chi connectivity index (χ1n) is 11.9. The molecule has 8 nitrogen and oxygen atoms in total. The average Bonchev–Trinajstić information content (AvgIpc) is 3.24. The van der Waals surface area contributed by atoms with E-state index in [1.54, 1.807) is 48.1 Å². The highest BCUT2D eigenvalue weighted by molar-refractivity contribution is 6.30. The molecular weight excluding hydrogens is 480 g/mol. The normalized spacial score (nSPS) is 11.8. The molecule has 0 aliphatic heterocycles. The maximum Gasteiger partial charge on any atom is 0.326 e. The number of amides is 2. The van der Waals surface area contributed by atoms with Crippen molar-refractivity contribution in [1.29, 1.82) is 0 Å². The van der Waals surface area contributed by atoms with E-state index < -0.39 is 17.9 Å². The van der Waals surface area contributed by atoms with Crippen molar-refractivity contribution in [3.05, 3.63) is 76.1 Å². The van der Waals surface area contributed by atoms with Crippen molar-refractivity contribution in [2.45, 2.75) is 53.0 Å². The van der Waals surface area contributed by atoms with Crippen LogP contribution < -0.4 is 10.6 Å². The minimum Gasteiger partial charge on any atom is -0.480 e. The van der Waals surface area contributed by atoms with Gasteiger partial charge in [-0.15, -0.1) is 0 Å². The third-order valence-corrected chi connectivity index (χ3v) is 5.97. The van der Waals surface area contributed by atoms with Crippen LogP contribution in [0.2, 0.25) is 5.02 Å². The molecule has 1 aromatic heterocycles. The molecule has 3 N–H and O–H groups in total. The van der Waals surface area contributed by atoms with E-state index in [1.807, 2.05) is 32.9 Å². The zero-order valence-electron chi connectivity index (χ0n) is 20.8. The monoisotopic (exact) mass is 510 g/mol. The summed E-state index contributed by atoms with van der Waals surface area (Å²) in [6, 6.07) is 11.1. The van der Waals surface area contributed by atoms with Gasteiger partial charge in [-0.3, -0.25) is 9.59 Å². The second-order valence-corrected chi connectivity index (χ2v) is 9.56. The van der Waals surface area contributed by atoms with E-state index in [1.165, 1.54) is 0 Å². The summed E-state index contributed by atoms with van der Waals surface area (Å²) in [6.45, 7) is 7.60. The average molecular weight is 511 g/mol. The largest absolute Gasteiger partial charge is 0.480 e. The van der Waals surface area contributed by atoms with Gasteiger partial charge >= 0.3 is 5.97 Å². The zero-order valence-corrected chi connectivity index (χ0v) is 21.6. The van der Waals surface area contributed by atoms with E-state index >= 15 is 0 Å². The van der Waals surface area contributed by atoms with Crippen LogP contribution in [0.4, 0.5) is 5.69 Å². The molecule has 3 rings (SSSR count). The van der Waals surface area contributed by atoms with Crippen molar-refractivity contribution in [2.75, 3.05) is 5.32 Å². The lowest BCUT2D eigenvalue weighted by molar-refractivity contribution is -0.139. The number of hydrogen-bond donors (Lipinski definition) is 3. The number of halogens is 1. The number of aryl methyl sites for hydroxylation is 1. The summed E-state index contributed by atoms with van der Waals surface area (Å²) in [7, 11) is 0. The molecule has 0 aliphatic carbocycles. The number of benzene rings is 2. The van der Waals surface area contributed by atoms with Gasteiger partial charge < -0.3 is 15.7 Å². The quantitative estimate of drug-likeness (QED) is 0.344. The van der Waals surface area contributed by atoms with E-state index in [2.05, 4.69) is 15.7 Å². The number of nitrogens with one attached hydrogen (secondary N) is 2. The fraction of sp³-hybridized carbons (Fsp3) is 0.333. The molecule has 1 unspecified atom stereocenters. The van der Waals surface area contributed by atoms with Crippen molar-refractivity contribution in [3.8, 4) is 5.69 Å². The van der Waals surface area contributed by atoms with Gasteiger partial charge in [-0.2, -0.15) is 5.10 Å². The molecule has 0 spiro atoms. The lowest BCUT2D eigenvalue weighted by Gasteiger charge is -2.17. The van der Waals surface area contributed by atoms with E-state index in [0.29, 0.717) is 40.2 Å². The predicted molar refractivity (Wildman–Crippen MR) is 140 cm³/mol. The minimum absolute atomic E-state index is 0.118. The highest BCUT2D eigenvalue weighted by Gasteiger charge is 2.23. The highest BCUT2D eigenvalue weighted by atomic mass is 35.5. The molecule has 36 heavy (non-hydrogen) atoms. The SMILES string of the molecule is CCCc1c(C(=O)Nc2ccc(C(=O)NC(CC(C)C)C(=O)O)cc2C)cnn1-c1ccc(Cl)cc1. The number of aromatic nitrogens is 2. The van der Waals surface area contributed by atoms with E-state index in [4.69, 9.17) is 11.6 Å². The van der Waals surface area contributed by atoms with Gasteiger partial charge in [0, 0.05) is 16.3 Å². The van der Waals surface area contributed by atoms with Gasteiger partial charge in [0.05, 0.1) is 23.1 Å². The lowest BCUT2D eigenvalue weighted by Crippen LogP contribution is -2.41. The van der Waals surface area contributed by atoms with Gasteiger partial charge in [0.1, 0.15) is 6.04 Å². The molecule has 9 heteroatoms. The maximum atomic E-state index is 13.2. The molecule has 2 amide bonds. The minimum atomic E-state index is -1.07. The first-order chi connectivity index (χ1) is 17.1. The van der Waals surface area contributed by atoms with Gasteiger partial charge in [0.15, 0.2) is 0 Å². The highest BCUT2D eigenvalue weighted by Crippen LogP contribution is 2.22. The summed E-state index contributed by atoms with van der Waals surface area (Å²) in [5.41, 5.74) is 3.61. The third kappa shape index (κ3) is 6.51. The first-order valence-corrected chi connectivity index (χ1v) is 12.3. The standard InChI is InChI=1S/C27H31ClN4O4/c1-5-6-24-21(15-29-32(24)20-10-8-19(28)9-11-20)26(34)30-22-12-7-18(14-17(22)4)25(33)31-23(27(35)36)13-16(2)3/h7-12,14-16,23H,5-6,13H2,1-4H3,(H,30,34)(H,31,33)(H,35,36). The van der Waals surface area contributed by atoms with Crippen LogP contribution in [-0.2, 0) is 11.2 Å². The van der Waals surface area contributed by atoms with Crippen LogP contribution in [0.15, 0.2) is 48.7 Å². The molecule has 0 radical (unpaired) electrons. The van der Waals surface area contributed by atoms with Crippen molar-refractivity contribution in [2.24, 2.45) is 5.92 Å². The van der Waals surface area contributed by atoms with Crippen LogP contribution in [-0.4, -0.2) is 38.7 Å². The van der Waals surface area contributed by atoms with E-state index in [0.717, 1.165) is 17.8 Å².